The lowest BCUT2D eigenvalue weighted by atomic mass is 10.1. The van der Waals surface area contributed by atoms with Gasteiger partial charge in [0, 0.05) is 53.0 Å². The highest BCUT2D eigenvalue weighted by Crippen LogP contribution is 2.28. The van der Waals surface area contributed by atoms with Crippen LogP contribution in [-0.2, 0) is 0 Å². The van der Waals surface area contributed by atoms with Gasteiger partial charge in [-0.2, -0.15) is 5.26 Å². The molecule has 0 saturated carbocycles. The molecule has 0 saturated heterocycles. The zero-order valence-corrected chi connectivity index (χ0v) is 28.3. The number of nitriles is 1. The van der Waals surface area contributed by atoms with E-state index in [1.807, 2.05) is 122 Å². The maximum absolute atomic E-state index is 9.42. The van der Waals surface area contributed by atoms with Crippen molar-refractivity contribution in [3.63, 3.8) is 0 Å². The van der Waals surface area contributed by atoms with Gasteiger partial charge in [0.2, 0.25) is 11.9 Å². The van der Waals surface area contributed by atoms with Gasteiger partial charge in [-0.25, -0.2) is 29.9 Å². The molecule has 0 aliphatic rings. The number of nitrogens with one attached hydrogen (secondary N) is 2. The Morgan fingerprint density at radius 1 is 0.640 bits per heavy atom. The Morgan fingerprint density at radius 3 is 1.88 bits per heavy atom. The van der Waals surface area contributed by atoms with Crippen LogP contribution < -0.4 is 15.4 Å². The van der Waals surface area contributed by atoms with Crippen LogP contribution in [0.25, 0.3) is 22.6 Å². The summed E-state index contributed by atoms with van der Waals surface area (Å²) in [5, 5.41) is 15.8. The van der Waals surface area contributed by atoms with Gasteiger partial charge in [-0.1, -0.05) is 30.3 Å². The topological polar surface area (TPSA) is 144 Å². The summed E-state index contributed by atoms with van der Waals surface area (Å²) in [4.78, 5) is 26.1. The molecule has 3 aromatic carbocycles. The summed E-state index contributed by atoms with van der Waals surface area (Å²) in [5.74, 6) is 1.79. The summed E-state index contributed by atoms with van der Waals surface area (Å²) in [7, 11) is 1.65. The van der Waals surface area contributed by atoms with E-state index >= 15 is 0 Å². The molecule has 7 aromatic rings. The molecule has 0 atom stereocenters. The Hall–Kier alpha value is -6.87. The van der Waals surface area contributed by atoms with Gasteiger partial charge >= 0.3 is 0 Å². The Labute approximate surface area is 290 Å². The number of aryl methyl sites for hydroxylation is 4. The highest BCUT2D eigenvalue weighted by molar-refractivity contribution is 5.65. The summed E-state index contributed by atoms with van der Waals surface area (Å²) in [6, 6.07) is 27.5. The van der Waals surface area contributed by atoms with Crippen LogP contribution in [0.5, 0.6) is 5.75 Å². The number of imidazole rings is 2. The minimum Gasteiger partial charge on any atom is -0.494 e. The Balaban J connectivity index is 0.000000175. The van der Waals surface area contributed by atoms with Crippen LogP contribution in [0.3, 0.4) is 0 Å². The van der Waals surface area contributed by atoms with Crippen LogP contribution >= 0.6 is 0 Å². The Morgan fingerprint density at radius 2 is 1.26 bits per heavy atom. The molecule has 0 spiro atoms. The predicted molar refractivity (Wildman–Crippen MR) is 193 cm³/mol. The fourth-order valence-electron chi connectivity index (χ4n) is 5.23. The van der Waals surface area contributed by atoms with Crippen molar-refractivity contribution in [2.75, 3.05) is 17.7 Å². The largest absolute Gasteiger partial charge is 0.494 e. The van der Waals surface area contributed by atoms with E-state index in [0.717, 1.165) is 62.5 Å². The molecular weight excluding hydrogens is 626 g/mol. The van der Waals surface area contributed by atoms with Gasteiger partial charge in [0.15, 0.2) is 0 Å². The van der Waals surface area contributed by atoms with E-state index < -0.39 is 0 Å². The zero-order valence-electron chi connectivity index (χ0n) is 28.3. The first kappa shape index (κ1) is 33.0. The molecule has 0 unspecified atom stereocenters. The summed E-state index contributed by atoms with van der Waals surface area (Å²) in [6.07, 6.45) is 9.06. The van der Waals surface area contributed by atoms with Gasteiger partial charge in [-0.3, -0.25) is 0 Å². The molecule has 248 valence electrons. The minimum absolute atomic E-state index is 0.526. The maximum Gasteiger partial charge on any atom is 0.227 e. The zero-order chi connectivity index (χ0) is 35.0. The summed E-state index contributed by atoms with van der Waals surface area (Å²) in [5.41, 5.74) is 9.43. The molecule has 50 heavy (non-hydrogen) atoms. The lowest BCUT2D eigenvalue weighted by Gasteiger charge is -2.12. The Bertz CT molecular complexity index is 2270. The second-order valence-electron chi connectivity index (χ2n) is 11.4. The van der Waals surface area contributed by atoms with E-state index in [9.17, 15) is 5.26 Å². The van der Waals surface area contributed by atoms with Gasteiger partial charge in [-0.15, -0.1) is 0 Å². The number of methoxy groups -OCH3 is 1. The number of hydrogen-bond donors (Lipinski definition) is 2. The molecule has 0 fully saturated rings. The molecule has 7 rings (SSSR count). The van der Waals surface area contributed by atoms with Crippen LogP contribution in [0.1, 0.15) is 28.3 Å². The molecular formula is C38H35N11O. The van der Waals surface area contributed by atoms with Crippen molar-refractivity contribution in [2.45, 2.75) is 27.7 Å². The van der Waals surface area contributed by atoms with Crippen molar-refractivity contribution in [2.24, 2.45) is 0 Å². The molecule has 2 N–H and O–H groups in total. The standard InChI is InChI=1S/C21H19N5O.C17H16N6/c1-15-13-26(14-23-15)19-9-8-17(12-20(19)27-2)24-21-22-11-10-18(25-21)16-6-4-3-5-7-16;1-11-6-12(2)21-17(20-11)22-15-4-5-16(14(7-15)8-18)23-9-13(3)19-10-23/h3-14H,1-2H3,(H,22,24,25);4-7,9-10H,1-3H3,(H,20,21,22). The van der Waals surface area contributed by atoms with Crippen molar-refractivity contribution in [1.82, 2.24) is 39.0 Å². The highest BCUT2D eigenvalue weighted by Gasteiger charge is 2.10. The molecule has 12 nitrogen and oxygen atoms in total. The maximum atomic E-state index is 9.42. The third-order valence-corrected chi connectivity index (χ3v) is 7.50. The average Bonchev–Trinajstić information content (AvgIpc) is 3.76. The van der Waals surface area contributed by atoms with Crippen LogP contribution in [0.15, 0.2) is 110 Å². The molecule has 0 radical (unpaired) electrons. The van der Waals surface area contributed by atoms with Crippen molar-refractivity contribution >= 4 is 23.3 Å². The summed E-state index contributed by atoms with van der Waals surface area (Å²) >= 11 is 0. The molecule has 4 aromatic heterocycles. The normalized spacial score (nSPS) is 10.5. The van der Waals surface area contributed by atoms with Crippen molar-refractivity contribution in [3.05, 3.63) is 138 Å². The van der Waals surface area contributed by atoms with E-state index in [1.165, 1.54) is 0 Å². The SMILES string of the molecule is COc1cc(Nc2nccc(-c3ccccc3)n2)ccc1-n1cnc(C)c1.Cc1cn(-c2ccc(Nc3nc(C)cc(C)n3)cc2C#N)cn1. The highest BCUT2D eigenvalue weighted by atomic mass is 16.5. The van der Waals surface area contributed by atoms with Gasteiger partial charge < -0.3 is 24.5 Å². The number of anilines is 4. The van der Waals surface area contributed by atoms with E-state index in [0.29, 0.717) is 17.5 Å². The first-order valence-corrected chi connectivity index (χ1v) is 15.8. The second kappa shape index (κ2) is 14.9. The number of rotatable bonds is 8. The van der Waals surface area contributed by atoms with E-state index in [-0.39, 0.29) is 0 Å². The number of ether oxygens (including phenoxy) is 1. The first-order chi connectivity index (χ1) is 24.3. The fourth-order valence-corrected chi connectivity index (χ4v) is 5.23. The van der Waals surface area contributed by atoms with E-state index in [1.54, 1.807) is 32.0 Å². The third kappa shape index (κ3) is 7.98. The lowest BCUT2D eigenvalue weighted by molar-refractivity contribution is 0.413. The third-order valence-electron chi connectivity index (χ3n) is 7.50. The van der Waals surface area contributed by atoms with Gasteiger partial charge in [0.25, 0.3) is 0 Å². The van der Waals surface area contributed by atoms with Gasteiger partial charge in [0.05, 0.1) is 53.8 Å². The van der Waals surface area contributed by atoms with Crippen molar-refractivity contribution < 1.29 is 4.74 Å². The van der Waals surface area contributed by atoms with Crippen molar-refractivity contribution in [3.8, 4) is 34.5 Å². The minimum atomic E-state index is 0.526. The van der Waals surface area contributed by atoms with Crippen molar-refractivity contribution in [1.29, 1.82) is 5.26 Å². The quantitative estimate of drug-likeness (QED) is 0.167. The van der Waals surface area contributed by atoms with Crippen LogP contribution in [0.4, 0.5) is 23.3 Å². The summed E-state index contributed by atoms with van der Waals surface area (Å²) in [6.45, 7) is 7.71. The van der Waals surface area contributed by atoms with Gasteiger partial charge in [-0.05, 0) is 70.2 Å². The Kier molecular flexibility index (Phi) is 9.86. The molecule has 0 aliphatic carbocycles. The first-order valence-electron chi connectivity index (χ1n) is 15.8. The fraction of sp³-hybridized carbons (Fsp3) is 0.132. The molecule has 12 heteroatoms. The van der Waals surface area contributed by atoms with Gasteiger partial charge in [0.1, 0.15) is 11.8 Å². The molecule has 4 heterocycles. The number of aromatic nitrogens is 8. The average molecular weight is 662 g/mol. The lowest BCUT2D eigenvalue weighted by Crippen LogP contribution is -2.01. The number of nitrogens with zero attached hydrogens (tertiary/aromatic N) is 9. The van der Waals surface area contributed by atoms with Crippen LogP contribution in [0, 0.1) is 39.0 Å². The van der Waals surface area contributed by atoms with E-state index in [2.05, 4.69) is 46.6 Å². The van der Waals surface area contributed by atoms with E-state index in [4.69, 9.17) is 4.74 Å². The second-order valence-corrected chi connectivity index (χ2v) is 11.4. The number of hydrogen-bond acceptors (Lipinski definition) is 10. The number of benzene rings is 3. The monoisotopic (exact) mass is 661 g/mol. The molecule has 0 amide bonds. The van der Waals surface area contributed by atoms with Crippen LogP contribution in [-0.4, -0.2) is 46.1 Å². The predicted octanol–water partition coefficient (Wildman–Crippen LogP) is 7.59. The molecule has 0 aliphatic heterocycles. The van der Waals surface area contributed by atoms with Crippen LogP contribution in [0.2, 0.25) is 0 Å². The summed E-state index contributed by atoms with van der Waals surface area (Å²) < 4.78 is 9.32. The smallest absolute Gasteiger partial charge is 0.227 e. The molecule has 0 bridgehead atoms.